The highest BCUT2D eigenvalue weighted by molar-refractivity contribution is 5.33. The van der Waals surface area contributed by atoms with Crippen LogP contribution < -0.4 is 0 Å². The first-order valence-electron chi connectivity index (χ1n) is 6.37. The molecule has 5 heteroatoms. The Bertz CT molecular complexity index is 617. The summed E-state index contributed by atoms with van der Waals surface area (Å²) in [5, 5.41) is 10.0. The highest BCUT2D eigenvalue weighted by atomic mass is 19.4. The van der Waals surface area contributed by atoms with Crippen LogP contribution in [-0.2, 0) is 12.6 Å². The highest BCUT2D eigenvalue weighted by Gasteiger charge is 2.35. The Balaban J connectivity index is 2.32. The van der Waals surface area contributed by atoms with E-state index in [2.05, 4.69) is 0 Å². The molecular weight excluding hydrogens is 284 g/mol. The van der Waals surface area contributed by atoms with Gasteiger partial charge in [-0.25, -0.2) is 4.39 Å². The smallest absolute Gasteiger partial charge is 0.388 e. The van der Waals surface area contributed by atoms with Crippen molar-refractivity contribution in [1.29, 1.82) is 0 Å². The van der Waals surface area contributed by atoms with Gasteiger partial charge in [0.25, 0.3) is 0 Å². The van der Waals surface area contributed by atoms with Crippen LogP contribution in [0.25, 0.3) is 0 Å². The Labute approximate surface area is 119 Å². The highest BCUT2D eigenvalue weighted by Crippen LogP contribution is 2.35. The monoisotopic (exact) mass is 298 g/mol. The molecule has 0 radical (unpaired) electrons. The molecule has 2 aromatic carbocycles. The normalized spacial score (nSPS) is 13.2. The van der Waals surface area contributed by atoms with Gasteiger partial charge < -0.3 is 5.11 Å². The van der Waals surface area contributed by atoms with Gasteiger partial charge in [-0.3, -0.25) is 0 Å². The van der Waals surface area contributed by atoms with Gasteiger partial charge in [0.05, 0.1) is 11.7 Å². The van der Waals surface area contributed by atoms with Gasteiger partial charge in [-0.1, -0.05) is 29.8 Å². The molecule has 112 valence electrons. The molecule has 0 fully saturated rings. The third-order valence-corrected chi connectivity index (χ3v) is 3.23. The first kappa shape index (κ1) is 15.5. The number of hydrogen-bond donors (Lipinski definition) is 1. The van der Waals surface area contributed by atoms with E-state index < -0.39 is 29.2 Å². The summed E-state index contributed by atoms with van der Waals surface area (Å²) in [5.41, 5.74) is 0.243. The minimum atomic E-state index is -4.63. The van der Waals surface area contributed by atoms with E-state index in [1.54, 1.807) is 24.3 Å². The van der Waals surface area contributed by atoms with Crippen molar-refractivity contribution in [3.63, 3.8) is 0 Å². The maximum atomic E-state index is 13.2. The Morgan fingerprint density at radius 3 is 2.24 bits per heavy atom. The molecule has 0 aromatic heterocycles. The average Bonchev–Trinajstić information content (AvgIpc) is 2.40. The van der Waals surface area contributed by atoms with Gasteiger partial charge in [-0.2, -0.15) is 13.2 Å². The molecule has 0 bridgehead atoms. The fourth-order valence-corrected chi connectivity index (χ4v) is 2.12. The third kappa shape index (κ3) is 3.82. The second-order valence-corrected chi connectivity index (χ2v) is 4.93. The van der Waals surface area contributed by atoms with E-state index in [9.17, 15) is 22.7 Å². The van der Waals surface area contributed by atoms with Crippen molar-refractivity contribution in [2.45, 2.75) is 25.6 Å². The minimum absolute atomic E-state index is 0.00713. The molecule has 0 heterocycles. The predicted octanol–water partition coefficient (Wildman–Crippen LogP) is 4.43. The lowest BCUT2D eigenvalue weighted by Crippen LogP contribution is -2.14. The molecule has 21 heavy (non-hydrogen) atoms. The van der Waals surface area contributed by atoms with Crippen LogP contribution in [0.4, 0.5) is 17.6 Å². The Hall–Kier alpha value is -1.88. The van der Waals surface area contributed by atoms with Crippen LogP contribution in [0.5, 0.6) is 0 Å². The molecule has 0 aliphatic carbocycles. The quantitative estimate of drug-likeness (QED) is 0.831. The molecule has 0 amide bonds. The minimum Gasteiger partial charge on any atom is -0.388 e. The van der Waals surface area contributed by atoms with Gasteiger partial charge in [0.15, 0.2) is 0 Å². The molecule has 0 spiro atoms. The standard InChI is InChI=1S/C16H14F4O/c1-10-2-4-11(5-3-10)8-15(21)13-9-12(17)6-7-14(13)16(18,19)20/h2-7,9,15,21H,8H2,1H3. The zero-order valence-corrected chi connectivity index (χ0v) is 11.3. The Morgan fingerprint density at radius 1 is 1.05 bits per heavy atom. The first-order valence-corrected chi connectivity index (χ1v) is 6.37. The molecule has 1 unspecified atom stereocenters. The van der Waals surface area contributed by atoms with Crippen molar-refractivity contribution in [3.8, 4) is 0 Å². The van der Waals surface area contributed by atoms with Gasteiger partial charge in [0.2, 0.25) is 0 Å². The second kappa shape index (κ2) is 5.85. The zero-order valence-electron chi connectivity index (χ0n) is 11.3. The van der Waals surface area contributed by atoms with Crippen LogP contribution in [0.1, 0.15) is 28.4 Å². The van der Waals surface area contributed by atoms with E-state index in [4.69, 9.17) is 0 Å². The summed E-state index contributed by atoms with van der Waals surface area (Å²) in [6.07, 6.45) is -6.05. The fourth-order valence-electron chi connectivity index (χ4n) is 2.12. The predicted molar refractivity (Wildman–Crippen MR) is 71.2 cm³/mol. The summed E-state index contributed by atoms with van der Waals surface area (Å²) in [4.78, 5) is 0. The van der Waals surface area contributed by atoms with Gasteiger partial charge >= 0.3 is 6.18 Å². The molecule has 0 aliphatic rings. The number of rotatable bonds is 3. The number of halogens is 4. The van der Waals surface area contributed by atoms with E-state index in [-0.39, 0.29) is 6.42 Å². The van der Waals surface area contributed by atoms with Crippen LogP contribution in [0.15, 0.2) is 42.5 Å². The second-order valence-electron chi connectivity index (χ2n) is 4.93. The average molecular weight is 298 g/mol. The van der Waals surface area contributed by atoms with E-state index >= 15 is 0 Å². The summed E-state index contributed by atoms with van der Waals surface area (Å²) in [6.45, 7) is 1.88. The number of hydrogen-bond acceptors (Lipinski definition) is 1. The number of aliphatic hydroxyl groups is 1. The van der Waals surface area contributed by atoms with Crippen LogP contribution in [-0.4, -0.2) is 5.11 Å². The summed E-state index contributed by atoms with van der Waals surface area (Å²) in [6, 6.07) is 9.20. The van der Waals surface area contributed by atoms with Crippen LogP contribution in [0.3, 0.4) is 0 Å². The lowest BCUT2D eigenvalue weighted by Gasteiger charge is -2.18. The van der Waals surface area contributed by atoms with Crippen LogP contribution in [0.2, 0.25) is 0 Å². The molecule has 1 nitrogen and oxygen atoms in total. The summed E-state index contributed by atoms with van der Waals surface area (Å²) in [5.74, 6) is -0.805. The molecule has 0 saturated carbocycles. The van der Waals surface area contributed by atoms with E-state index in [0.29, 0.717) is 11.6 Å². The maximum absolute atomic E-state index is 13.2. The Kier molecular flexibility index (Phi) is 4.32. The van der Waals surface area contributed by atoms with Crippen LogP contribution >= 0.6 is 0 Å². The number of aryl methyl sites for hydroxylation is 1. The molecule has 0 aliphatic heterocycles. The van der Waals surface area contributed by atoms with Crippen molar-refractivity contribution in [3.05, 3.63) is 70.5 Å². The Morgan fingerprint density at radius 2 is 1.67 bits per heavy atom. The first-order chi connectivity index (χ1) is 9.77. The molecule has 1 N–H and O–H groups in total. The lowest BCUT2D eigenvalue weighted by atomic mass is 9.96. The van der Waals surface area contributed by atoms with Gasteiger partial charge in [0, 0.05) is 6.42 Å². The van der Waals surface area contributed by atoms with Crippen molar-refractivity contribution >= 4 is 0 Å². The van der Waals surface area contributed by atoms with Gasteiger partial charge in [-0.05, 0) is 36.2 Å². The third-order valence-electron chi connectivity index (χ3n) is 3.23. The topological polar surface area (TPSA) is 20.2 Å². The van der Waals surface area contributed by atoms with Crippen molar-refractivity contribution < 1.29 is 22.7 Å². The zero-order chi connectivity index (χ0) is 15.6. The van der Waals surface area contributed by atoms with E-state index in [1.165, 1.54) is 0 Å². The summed E-state index contributed by atoms with van der Waals surface area (Å²) >= 11 is 0. The molecule has 2 rings (SSSR count). The molecule has 0 saturated heterocycles. The van der Waals surface area contributed by atoms with Gasteiger partial charge in [0.1, 0.15) is 5.82 Å². The van der Waals surface area contributed by atoms with E-state index in [1.807, 2.05) is 6.92 Å². The van der Waals surface area contributed by atoms with Gasteiger partial charge in [-0.15, -0.1) is 0 Å². The fraction of sp³-hybridized carbons (Fsp3) is 0.250. The molecule has 2 aromatic rings. The summed E-state index contributed by atoms with van der Waals surface area (Å²) < 4.78 is 51.9. The summed E-state index contributed by atoms with van der Waals surface area (Å²) in [7, 11) is 0. The van der Waals surface area contributed by atoms with E-state index in [0.717, 1.165) is 17.7 Å². The van der Waals surface area contributed by atoms with Crippen LogP contribution in [0, 0.1) is 12.7 Å². The van der Waals surface area contributed by atoms with Crippen molar-refractivity contribution in [2.24, 2.45) is 0 Å². The lowest BCUT2D eigenvalue weighted by molar-refractivity contribution is -0.139. The maximum Gasteiger partial charge on any atom is 0.416 e. The molecular formula is C16H14F4O. The number of benzene rings is 2. The number of alkyl halides is 3. The number of aliphatic hydroxyl groups excluding tert-OH is 1. The van der Waals surface area contributed by atoms with Crippen molar-refractivity contribution in [1.82, 2.24) is 0 Å². The largest absolute Gasteiger partial charge is 0.416 e. The van der Waals surface area contributed by atoms with Crippen molar-refractivity contribution in [2.75, 3.05) is 0 Å². The SMILES string of the molecule is Cc1ccc(CC(O)c2cc(F)ccc2C(F)(F)F)cc1. The molecule has 1 atom stereocenters.